The lowest BCUT2D eigenvalue weighted by molar-refractivity contribution is 0.119. The van der Waals surface area contributed by atoms with Crippen molar-refractivity contribution in [2.45, 2.75) is 53.0 Å². The highest BCUT2D eigenvalue weighted by atomic mass is 16.5. The number of aryl methyl sites for hydroxylation is 1. The molecule has 0 aliphatic rings. The van der Waals surface area contributed by atoms with Gasteiger partial charge in [0.25, 0.3) is 0 Å². The lowest BCUT2D eigenvalue weighted by Gasteiger charge is -2.15. The molecule has 104 valence electrons. The maximum absolute atomic E-state index is 5.92. The zero-order valence-corrected chi connectivity index (χ0v) is 11.9. The van der Waals surface area contributed by atoms with E-state index in [0.717, 1.165) is 19.3 Å². The molecule has 1 aromatic rings. The molecule has 2 N–H and O–H groups in total. The second-order valence-corrected chi connectivity index (χ2v) is 5.79. The van der Waals surface area contributed by atoms with Gasteiger partial charge in [0.1, 0.15) is 0 Å². The molecule has 5 heteroatoms. The summed E-state index contributed by atoms with van der Waals surface area (Å²) in [5, 5.41) is 3.90. The average molecular weight is 255 g/mol. The number of nitrogens with two attached hydrogens (primary N) is 1. The van der Waals surface area contributed by atoms with Crippen LogP contribution in [0.3, 0.4) is 0 Å². The number of ether oxygens (including phenoxy) is 1. The molecule has 0 radical (unpaired) electrons. The van der Waals surface area contributed by atoms with Crippen LogP contribution in [0.2, 0.25) is 0 Å². The molecule has 5 nitrogen and oxygen atoms in total. The monoisotopic (exact) mass is 255 g/mol. The molecule has 1 rings (SSSR count). The third-order valence-electron chi connectivity index (χ3n) is 2.55. The van der Waals surface area contributed by atoms with Gasteiger partial charge in [-0.2, -0.15) is 4.98 Å². The largest absolute Gasteiger partial charge is 0.379 e. The molecule has 1 atom stereocenters. The normalized spacial score (nSPS) is 13.8. The van der Waals surface area contributed by atoms with Crippen LogP contribution in [-0.2, 0) is 11.2 Å². The Labute approximate surface area is 109 Å². The summed E-state index contributed by atoms with van der Waals surface area (Å²) >= 11 is 0. The van der Waals surface area contributed by atoms with E-state index < -0.39 is 0 Å². The summed E-state index contributed by atoms with van der Waals surface area (Å²) in [4.78, 5) is 4.31. The first-order valence-electron chi connectivity index (χ1n) is 6.58. The van der Waals surface area contributed by atoms with Crippen LogP contribution < -0.4 is 5.73 Å². The maximum Gasteiger partial charge on any atom is 0.226 e. The Morgan fingerprint density at radius 2 is 2.11 bits per heavy atom. The molecule has 1 aromatic heterocycles. The van der Waals surface area contributed by atoms with Gasteiger partial charge < -0.3 is 15.0 Å². The maximum atomic E-state index is 5.92. The quantitative estimate of drug-likeness (QED) is 0.758. The molecule has 0 amide bonds. The van der Waals surface area contributed by atoms with Crippen LogP contribution in [0.15, 0.2) is 4.52 Å². The van der Waals surface area contributed by atoms with Gasteiger partial charge in [-0.1, -0.05) is 32.9 Å². The summed E-state index contributed by atoms with van der Waals surface area (Å²) < 4.78 is 10.6. The SMILES string of the molecule is CCCOCC(N)c1noc(CCC(C)(C)C)n1. The topological polar surface area (TPSA) is 74.2 Å². The molecular formula is C13H25N3O2. The molecule has 0 spiro atoms. The van der Waals surface area contributed by atoms with Gasteiger partial charge >= 0.3 is 0 Å². The first-order chi connectivity index (χ1) is 8.42. The van der Waals surface area contributed by atoms with Crippen molar-refractivity contribution in [2.75, 3.05) is 13.2 Å². The average Bonchev–Trinajstić information content (AvgIpc) is 2.74. The minimum atomic E-state index is -0.302. The second-order valence-electron chi connectivity index (χ2n) is 5.79. The number of aromatic nitrogens is 2. The molecule has 0 aliphatic heterocycles. The van der Waals surface area contributed by atoms with E-state index in [9.17, 15) is 0 Å². The van der Waals surface area contributed by atoms with E-state index in [1.54, 1.807) is 0 Å². The summed E-state index contributed by atoms with van der Waals surface area (Å²) in [5.41, 5.74) is 6.19. The molecular weight excluding hydrogens is 230 g/mol. The molecule has 18 heavy (non-hydrogen) atoms. The summed E-state index contributed by atoms with van der Waals surface area (Å²) in [6.45, 7) is 9.77. The molecule has 0 saturated heterocycles. The van der Waals surface area contributed by atoms with E-state index in [1.165, 1.54) is 0 Å². The van der Waals surface area contributed by atoms with Gasteiger partial charge in [0.05, 0.1) is 12.6 Å². The fourth-order valence-corrected chi connectivity index (χ4v) is 1.43. The summed E-state index contributed by atoms with van der Waals surface area (Å²) in [7, 11) is 0. The number of hydrogen-bond acceptors (Lipinski definition) is 5. The first kappa shape index (κ1) is 15.1. The fraction of sp³-hybridized carbons (Fsp3) is 0.846. The molecule has 0 aromatic carbocycles. The lowest BCUT2D eigenvalue weighted by atomic mass is 9.91. The Kier molecular flexibility index (Phi) is 5.75. The van der Waals surface area contributed by atoms with Crippen molar-refractivity contribution < 1.29 is 9.26 Å². The van der Waals surface area contributed by atoms with Gasteiger partial charge in [0.2, 0.25) is 5.89 Å². The van der Waals surface area contributed by atoms with E-state index in [-0.39, 0.29) is 11.5 Å². The summed E-state index contributed by atoms with van der Waals surface area (Å²) in [6.07, 6.45) is 2.78. The van der Waals surface area contributed by atoms with Crippen molar-refractivity contribution in [1.82, 2.24) is 10.1 Å². The van der Waals surface area contributed by atoms with Crippen LogP contribution >= 0.6 is 0 Å². The zero-order chi connectivity index (χ0) is 13.6. The highest BCUT2D eigenvalue weighted by Crippen LogP contribution is 2.21. The number of hydrogen-bond donors (Lipinski definition) is 1. The zero-order valence-electron chi connectivity index (χ0n) is 11.9. The van der Waals surface area contributed by atoms with Crippen molar-refractivity contribution in [1.29, 1.82) is 0 Å². The predicted molar refractivity (Wildman–Crippen MR) is 70.1 cm³/mol. The van der Waals surface area contributed by atoms with Gasteiger partial charge in [-0.15, -0.1) is 0 Å². The molecule has 1 heterocycles. The van der Waals surface area contributed by atoms with E-state index >= 15 is 0 Å². The number of rotatable bonds is 7. The molecule has 0 fully saturated rings. The van der Waals surface area contributed by atoms with Crippen LogP contribution in [0, 0.1) is 5.41 Å². The van der Waals surface area contributed by atoms with Crippen molar-refractivity contribution >= 4 is 0 Å². The third-order valence-corrected chi connectivity index (χ3v) is 2.55. The predicted octanol–water partition coefficient (Wildman–Crippen LogP) is 2.47. The molecule has 0 bridgehead atoms. The second kappa shape index (κ2) is 6.85. The third kappa shape index (κ3) is 5.60. The van der Waals surface area contributed by atoms with E-state index in [0.29, 0.717) is 24.9 Å². The van der Waals surface area contributed by atoms with E-state index in [1.807, 2.05) is 0 Å². The standard InChI is InChI=1S/C13H25N3O2/c1-5-8-17-9-10(14)12-15-11(18-16-12)6-7-13(2,3)4/h10H,5-9,14H2,1-4H3. The van der Waals surface area contributed by atoms with Crippen LogP contribution in [0.1, 0.15) is 58.3 Å². The van der Waals surface area contributed by atoms with Crippen molar-refractivity contribution in [3.63, 3.8) is 0 Å². The van der Waals surface area contributed by atoms with Gasteiger partial charge in [0.15, 0.2) is 5.82 Å². The molecule has 0 saturated carbocycles. The fourth-order valence-electron chi connectivity index (χ4n) is 1.43. The van der Waals surface area contributed by atoms with Gasteiger partial charge in [0, 0.05) is 13.0 Å². The van der Waals surface area contributed by atoms with E-state index in [4.69, 9.17) is 15.0 Å². The Morgan fingerprint density at radius 1 is 1.39 bits per heavy atom. The Morgan fingerprint density at radius 3 is 2.72 bits per heavy atom. The Balaban J connectivity index is 2.42. The minimum absolute atomic E-state index is 0.265. The van der Waals surface area contributed by atoms with Crippen LogP contribution in [0.5, 0.6) is 0 Å². The smallest absolute Gasteiger partial charge is 0.226 e. The van der Waals surface area contributed by atoms with Crippen LogP contribution in [0.4, 0.5) is 0 Å². The lowest BCUT2D eigenvalue weighted by Crippen LogP contribution is -2.19. The van der Waals surface area contributed by atoms with Crippen molar-refractivity contribution in [3.8, 4) is 0 Å². The van der Waals surface area contributed by atoms with Gasteiger partial charge in [-0.05, 0) is 18.3 Å². The first-order valence-corrected chi connectivity index (χ1v) is 6.58. The molecule has 1 unspecified atom stereocenters. The summed E-state index contributed by atoms with van der Waals surface area (Å²) in [6, 6.07) is -0.302. The molecule has 0 aliphatic carbocycles. The van der Waals surface area contributed by atoms with Crippen molar-refractivity contribution in [2.24, 2.45) is 11.1 Å². The highest BCUT2D eigenvalue weighted by molar-refractivity contribution is 4.93. The Hall–Kier alpha value is -0.940. The number of nitrogens with zero attached hydrogens (tertiary/aromatic N) is 2. The van der Waals surface area contributed by atoms with E-state index in [2.05, 4.69) is 37.8 Å². The Bertz CT molecular complexity index is 344. The van der Waals surface area contributed by atoms with Crippen molar-refractivity contribution in [3.05, 3.63) is 11.7 Å². The van der Waals surface area contributed by atoms with Gasteiger partial charge in [-0.25, -0.2) is 0 Å². The van der Waals surface area contributed by atoms with Crippen LogP contribution in [-0.4, -0.2) is 23.4 Å². The van der Waals surface area contributed by atoms with Gasteiger partial charge in [-0.3, -0.25) is 0 Å². The highest BCUT2D eigenvalue weighted by Gasteiger charge is 2.16. The summed E-state index contributed by atoms with van der Waals surface area (Å²) in [5.74, 6) is 1.20. The minimum Gasteiger partial charge on any atom is -0.379 e. The van der Waals surface area contributed by atoms with Crippen LogP contribution in [0.25, 0.3) is 0 Å².